The van der Waals surface area contributed by atoms with Gasteiger partial charge in [0.1, 0.15) is 5.82 Å². The lowest BCUT2D eigenvalue weighted by Crippen LogP contribution is -2.39. The van der Waals surface area contributed by atoms with E-state index in [-0.39, 0.29) is 17.2 Å². The molecule has 2 aliphatic rings. The molecule has 2 saturated carbocycles. The summed E-state index contributed by atoms with van der Waals surface area (Å²) in [6.45, 7) is 0. The molecule has 0 aliphatic heterocycles. The van der Waals surface area contributed by atoms with Crippen molar-refractivity contribution in [3.8, 4) is 0 Å². The summed E-state index contributed by atoms with van der Waals surface area (Å²) in [6, 6.07) is 1.96. The first-order valence-electron chi connectivity index (χ1n) is 8.80. The summed E-state index contributed by atoms with van der Waals surface area (Å²) in [7, 11) is -3.16. The molecule has 2 aliphatic carbocycles. The molecule has 0 aromatic carbocycles. The van der Waals surface area contributed by atoms with Crippen molar-refractivity contribution >= 4 is 26.8 Å². The Morgan fingerprint density at radius 1 is 1.20 bits per heavy atom. The van der Waals surface area contributed by atoms with Crippen molar-refractivity contribution < 1.29 is 8.42 Å². The highest BCUT2D eigenvalue weighted by Gasteiger charge is 2.38. The zero-order chi connectivity index (χ0) is 17.0. The highest BCUT2D eigenvalue weighted by atomic mass is 32.2. The van der Waals surface area contributed by atoms with Gasteiger partial charge in [-0.05, 0) is 38.2 Å². The van der Waals surface area contributed by atoms with Crippen molar-refractivity contribution in [2.45, 2.75) is 55.7 Å². The molecule has 5 rings (SSSR count). The number of nitrogens with zero attached hydrogens (tertiary/aromatic N) is 4. The van der Waals surface area contributed by atoms with E-state index in [4.69, 9.17) is 0 Å². The Bertz CT molecular complexity index is 1040. The minimum absolute atomic E-state index is 0.0137. The van der Waals surface area contributed by atoms with Crippen LogP contribution in [0, 0.1) is 0 Å². The molecule has 25 heavy (non-hydrogen) atoms. The molecule has 3 heterocycles. The van der Waals surface area contributed by atoms with Gasteiger partial charge in [0.25, 0.3) is 0 Å². The maximum atomic E-state index is 12.3. The summed E-state index contributed by atoms with van der Waals surface area (Å²) in [5, 5.41) is 8.49. The Hall–Kier alpha value is -2.00. The summed E-state index contributed by atoms with van der Waals surface area (Å²) < 4.78 is 29.5. The number of hydrogen-bond acceptors (Lipinski definition) is 5. The van der Waals surface area contributed by atoms with Crippen LogP contribution >= 0.6 is 0 Å². The van der Waals surface area contributed by atoms with E-state index in [1.165, 1.54) is 0 Å². The molecule has 8 nitrogen and oxygen atoms in total. The zero-order valence-corrected chi connectivity index (χ0v) is 14.5. The molecule has 0 bridgehead atoms. The quantitative estimate of drug-likeness (QED) is 0.737. The minimum atomic E-state index is -3.16. The predicted molar refractivity (Wildman–Crippen MR) is 92.7 cm³/mol. The van der Waals surface area contributed by atoms with Gasteiger partial charge in [-0.15, -0.1) is 10.2 Å². The molecule has 0 radical (unpaired) electrons. The molecular weight excluding hydrogens is 340 g/mol. The third kappa shape index (κ3) is 2.62. The van der Waals surface area contributed by atoms with Crippen LogP contribution in [0.4, 0.5) is 0 Å². The first kappa shape index (κ1) is 15.3. The minimum Gasteiger partial charge on any atom is -0.345 e. The summed E-state index contributed by atoms with van der Waals surface area (Å²) in [5.74, 6) is 1.09. The van der Waals surface area contributed by atoms with Crippen LogP contribution < -0.4 is 4.72 Å². The van der Waals surface area contributed by atoms with Crippen LogP contribution in [0.5, 0.6) is 0 Å². The van der Waals surface area contributed by atoms with Crippen LogP contribution in [0.25, 0.3) is 16.8 Å². The molecule has 132 valence electrons. The van der Waals surface area contributed by atoms with E-state index in [0.29, 0.717) is 0 Å². The van der Waals surface area contributed by atoms with Gasteiger partial charge >= 0.3 is 0 Å². The van der Waals surface area contributed by atoms with E-state index in [9.17, 15) is 8.42 Å². The molecule has 2 fully saturated rings. The van der Waals surface area contributed by atoms with Gasteiger partial charge in [0.2, 0.25) is 10.0 Å². The van der Waals surface area contributed by atoms with Gasteiger partial charge in [-0.1, -0.05) is 6.42 Å². The Labute approximate surface area is 145 Å². The van der Waals surface area contributed by atoms with E-state index < -0.39 is 10.0 Å². The molecule has 2 atom stereocenters. The number of aromatic amines is 1. The van der Waals surface area contributed by atoms with Crippen molar-refractivity contribution in [3.05, 3.63) is 24.3 Å². The third-order valence-corrected chi connectivity index (χ3v) is 7.31. The maximum Gasteiger partial charge on any atom is 0.214 e. The lowest BCUT2D eigenvalue weighted by Gasteiger charge is -2.28. The van der Waals surface area contributed by atoms with Crippen molar-refractivity contribution in [2.24, 2.45) is 0 Å². The number of fused-ring (bicyclic) bond motifs is 3. The van der Waals surface area contributed by atoms with E-state index >= 15 is 0 Å². The Morgan fingerprint density at radius 3 is 2.92 bits per heavy atom. The normalized spacial score (nSPS) is 25.0. The summed E-state index contributed by atoms with van der Waals surface area (Å²) >= 11 is 0. The molecule has 2 N–H and O–H groups in total. The Kier molecular flexibility index (Phi) is 3.36. The van der Waals surface area contributed by atoms with Gasteiger partial charge < -0.3 is 4.98 Å². The molecule has 3 aromatic heterocycles. The first-order chi connectivity index (χ1) is 12.1. The maximum absolute atomic E-state index is 12.3. The van der Waals surface area contributed by atoms with Gasteiger partial charge in [-0.2, -0.15) is 0 Å². The number of sulfonamides is 1. The average molecular weight is 360 g/mol. The van der Waals surface area contributed by atoms with Crippen molar-refractivity contribution in [1.29, 1.82) is 0 Å². The molecule has 0 spiro atoms. The second kappa shape index (κ2) is 5.50. The van der Waals surface area contributed by atoms with Gasteiger partial charge in [0.05, 0.1) is 17.0 Å². The zero-order valence-electron chi connectivity index (χ0n) is 13.7. The predicted octanol–water partition coefficient (Wildman–Crippen LogP) is 1.71. The van der Waals surface area contributed by atoms with Crippen LogP contribution in [0.15, 0.2) is 18.5 Å². The van der Waals surface area contributed by atoms with Crippen molar-refractivity contribution in [1.82, 2.24) is 29.3 Å². The number of nitrogens with one attached hydrogen (secondary N) is 2. The molecule has 3 aromatic rings. The number of aromatic nitrogens is 5. The summed E-state index contributed by atoms with van der Waals surface area (Å²) in [4.78, 5) is 7.46. The summed E-state index contributed by atoms with van der Waals surface area (Å²) in [6.07, 6.45) is 8.79. The lowest BCUT2D eigenvalue weighted by molar-refractivity contribution is 0.360. The molecule has 0 amide bonds. The second-order valence-corrected chi connectivity index (χ2v) is 9.14. The smallest absolute Gasteiger partial charge is 0.214 e. The van der Waals surface area contributed by atoms with E-state index in [0.717, 1.165) is 61.2 Å². The third-order valence-electron chi connectivity index (χ3n) is 5.30. The van der Waals surface area contributed by atoms with Crippen LogP contribution in [0.3, 0.4) is 0 Å². The number of rotatable bonds is 4. The molecular formula is C16H20N6O2S. The first-order valence-corrected chi connectivity index (χ1v) is 10.3. The van der Waals surface area contributed by atoms with Gasteiger partial charge in [0.15, 0.2) is 11.3 Å². The van der Waals surface area contributed by atoms with Crippen molar-refractivity contribution in [2.75, 3.05) is 0 Å². The summed E-state index contributed by atoms with van der Waals surface area (Å²) in [5.41, 5.74) is 2.48. The molecule has 0 saturated heterocycles. The Balaban J connectivity index is 1.46. The SMILES string of the molecule is O=S(=O)(N[C@H]1CCC[C@@H](c2nnc3cnc4[nH]ccc4n23)C1)C1CC1. The van der Waals surface area contributed by atoms with Gasteiger partial charge in [0, 0.05) is 18.2 Å². The van der Waals surface area contributed by atoms with E-state index in [2.05, 4.69) is 24.9 Å². The largest absolute Gasteiger partial charge is 0.345 e. The van der Waals surface area contributed by atoms with Crippen LogP contribution in [-0.4, -0.2) is 44.3 Å². The molecule has 0 unspecified atom stereocenters. The van der Waals surface area contributed by atoms with E-state index in [1.807, 2.05) is 16.7 Å². The Morgan fingerprint density at radius 2 is 2.08 bits per heavy atom. The standard InChI is InChI=1S/C16H20N6O2S/c23-25(24,12-4-5-12)21-11-3-1-2-10(8-11)16-20-19-14-9-18-15-13(22(14)16)6-7-17-15/h6-7,9-12,17,21H,1-5,8H2/t10-,11+/m1/s1. The topological polar surface area (TPSA) is 105 Å². The number of hydrogen-bond donors (Lipinski definition) is 2. The van der Waals surface area contributed by atoms with Crippen molar-refractivity contribution in [3.63, 3.8) is 0 Å². The second-order valence-electron chi connectivity index (χ2n) is 7.14. The van der Waals surface area contributed by atoms with Crippen LogP contribution in [0.1, 0.15) is 50.3 Å². The fourth-order valence-corrected chi connectivity index (χ4v) is 5.53. The van der Waals surface area contributed by atoms with Crippen LogP contribution in [0.2, 0.25) is 0 Å². The molecule has 9 heteroatoms. The monoisotopic (exact) mass is 360 g/mol. The van der Waals surface area contributed by atoms with Crippen LogP contribution in [-0.2, 0) is 10.0 Å². The van der Waals surface area contributed by atoms with Gasteiger partial charge in [-0.25, -0.2) is 18.1 Å². The fourth-order valence-electron chi connectivity index (χ4n) is 3.90. The lowest BCUT2D eigenvalue weighted by atomic mass is 9.85. The number of H-pyrrole nitrogens is 1. The average Bonchev–Trinajstić information content (AvgIpc) is 3.20. The fraction of sp³-hybridized carbons (Fsp3) is 0.562. The highest BCUT2D eigenvalue weighted by molar-refractivity contribution is 7.90. The van der Waals surface area contributed by atoms with Gasteiger partial charge in [-0.3, -0.25) is 4.40 Å². The van der Waals surface area contributed by atoms with E-state index in [1.54, 1.807) is 6.20 Å². The highest BCUT2D eigenvalue weighted by Crippen LogP contribution is 2.35.